The topological polar surface area (TPSA) is 47.6 Å². The van der Waals surface area contributed by atoms with Crippen LogP contribution in [0.15, 0.2) is 24.3 Å². The van der Waals surface area contributed by atoms with Crippen LogP contribution in [0.2, 0.25) is 0 Å². The van der Waals surface area contributed by atoms with Crippen molar-refractivity contribution in [3.63, 3.8) is 0 Å². The van der Waals surface area contributed by atoms with Gasteiger partial charge < -0.3 is 14.8 Å². The summed E-state index contributed by atoms with van der Waals surface area (Å²) < 4.78 is 11.2. The summed E-state index contributed by atoms with van der Waals surface area (Å²) in [6.07, 6.45) is 0.887. The third-order valence-electron chi connectivity index (χ3n) is 2.91. The van der Waals surface area contributed by atoms with Gasteiger partial charge in [-0.25, -0.2) is 0 Å². The van der Waals surface area contributed by atoms with Gasteiger partial charge in [0.1, 0.15) is 11.4 Å². The van der Waals surface area contributed by atoms with Gasteiger partial charge in [-0.3, -0.25) is 4.79 Å². The SMILES string of the molecule is CCCOC(C)(C)C(=O)Nc1ccc(OCC(C)C)cc1. The second-order valence-corrected chi connectivity index (χ2v) is 6.04. The van der Waals surface area contributed by atoms with E-state index in [-0.39, 0.29) is 5.91 Å². The summed E-state index contributed by atoms with van der Waals surface area (Å²) in [5, 5.41) is 2.86. The lowest BCUT2D eigenvalue weighted by Crippen LogP contribution is -2.40. The Morgan fingerprint density at radius 2 is 1.86 bits per heavy atom. The minimum Gasteiger partial charge on any atom is -0.493 e. The first-order valence-electron chi connectivity index (χ1n) is 7.53. The molecule has 0 spiro atoms. The average Bonchev–Trinajstić information content (AvgIpc) is 2.44. The van der Waals surface area contributed by atoms with Gasteiger partial charge in [0.2, 0.25) is 0 Å². The smallest absolute Gasteiger partial charge is 0.256 e. The maximum absolute atomic E-state index is 12.2. The molecule has 0 aromatic heterocycles. The first kappa shape index (κ1) is 17.5. The lowest BCUT2D eigenvalue weighted by Gasteiger charge is -2.24. The van der Waals surface area contributed by atoms with E-state index in [0.717, 1.165) is 17.9 Å². The second kappa shape index (κ2) is 8.03. The highest BCUT2D eigenvalue weighted by molar-refractivity contribution is 5.96. The maximum atomic E-state index is 12.2. The van der Waals surface area contributed by atoms with Gasteiger partial charge in [-0.2, -0.15) is 0 Å². The van der Waals surface area contributed by atoms with E-state index in [1.165, 1.54) is 0 Å². The van der Waals surface area contributed by atoms with E-state index >= 15 is 0 Å². The fourth-order valence-corrected chi connectivity index (χ4v) is 1.60. The van der Waals surface area contributed by atoms with Gasteiger partial charge in [-0.05, 0) is 50.5 Å². The molecule has 0 aliphatic heterocycles. The molecule has 1 aromatic carbocycles. The van der Waals surface area contributed by atoms with E-state index in [1.807, 2.05) is 31.2 Å². The lowest BCUT2D eigenvalue weighted by atomic mass is 10.1. The molecule has 0 bridgehead atoms. The Labute approximate surface area is 127 Å². The first-order chi connectivity index (χ1) is 9.85. The van der Waals surface area contributed by atoms with Gasteiger partial charge in [0.05, 0.1) is 6.61 Å². The summed E-state index contributed by atoms with van der Waals surface area (Å²) in [4.78, 5) is 12.2. The summed E-state index contributed by atoms with van der Waals surface area (Å²) in [6, 6.07) is 7.39. The molecule has 21 heavy (non-hydrogen) atoms. The molecule has 0 heterocycles. The van der Waals surface area contributed by atoms with E-state index in [1.54, 1.807) is 13.8 Å². The van der Waals surface area contributed by atoms with E-state index in [0.29, 0.717) is 19.1 Å². The van der Waals surface area contributed by atoms with Crippen LogP contribution in [0.25, 0.3) is 0 Å². The zero-order chi connectivity index (χ0) is 15.9. The zero-order valence-electron chi connectivity index (χ0n) is 13.7. The van der Waals surface area contributed by atoms with Gasteiger partial charge >= 0.3 is 0 Å². The molecular weight excluding hydrogens is 266 g/mol. The fraction of sp³-hybridized carbons (Fsp3) is 0.588. The first-order valence-corrected chi connectivity index (χ1v) is 7.53. The third kappa shape index (κ3) is 6.17. The number of rotatable bonds is 8. The van der Waals surface area contributed by atoms with Crippen molar-refractivity contribution < 1.29 is 14.3 Å². The van der Waals surface area contributed by atoms with Crippen molar-refractivity contribution in [2.24, 2.45) is 5.92 Å². The summed E-state index contributed by atoms with van der Waals surface area (Å²) in [5.41, 5.74) is -0.0897. The summed E-state index contributed by atoms with van der Waals surface area (Å²) in [5.74, 6) is 1.15. The van der Waals surface area contributed by atoms with Gasteiger partial charge in [-0.1, -0.05) is 20.8 Å². The molecule has 1 amide bonds. The number of benzene rings is 1. The number of ether oxygens (including phenoxy) is 2. The number of nitrogens with one attached hydrogen (secondary N) is 1. The molecule has 1 rings (SSSR count). The molecule has 1 N–H and O–H groups in total. The second-order valence-electron chi connectivity index (χ2n) is 6.04. The third-order valence-corrected chi connectivity index (χ3v) is 2.91. The Morgan fingerprint density at radius 3 is 2.38 bits per heavy atom. The molecule has 0 saturated carbocycles. The van der Waals surface area contributed by atoms with Crippen LogP contribution in [0, 0.1) is 5.92 Å². The Kier molecular flexibility index (Phi) is 6.69. The van der Waals surface area contributed by atoms with Crippen molar-refractivity contribution in [2.75, 3.05) is 18.5 Å². The quantitative estimate of drug-likeness (QED) is 0.791. The van der Waals surface area contributed by atoms with Crippen molar-refractivity contribution in [2.45, 2.75) is 46.6 Å². The van der Waals surface area contributed by atoms with Crippen LogP contribution >= 0.6 is 0 Å². The molecule has 0 unspecified atom stereocenters. The molecule has 0 fully saturated rings. The highest BCUT2D eigenvalue weighted by Gasteiger charge is 2.28. The van der Waals surface area contributed by atoms with Crippen LogP contribution in [0.1, 0.15) is 41.0 Å². The van der Waals surface area contributed by atoms with Crippen LogP contribution in [-0.4, -0.2) is 24.7 Å². The Balaban J connectivity index is 2.56. The molecule has 0 radical (unpaired) electrons. The summed E-state index contributed by atoms with van der Waals surface area (Å²) in [7, 11) is 0. The lowest BCUT2D eigenvalue weighted by molar-refractivity contribution is -0.137. The number of carbonyl (C=O) groups excluding carboxylic acids is 1. The molecule has 0 atom stereocenters. The molecule has 0 aliphatic carbocycles. The van der Waals surface area contributed by atoms with E-state index in [4.69, 9.17) is 9.47 Å². The number of hydrogen-bond donors (Lipinski definition) is 1. The van der Waals surface area contributed by atoms with Crippen molar-refractivity contribution in [3.05, 3.63) is 24.3 Å². The zero-order valence-corrected chi connectivity index (χ0v) is 13.7. The minimum absolute atomic E-state index is 0.146. The Bertz CT molecular complexity index is 438. The molecule has 4 heteroatoms. The number of hydrogen-bond acceptors (Lipinski definition) is 3. The van der Waals surface area contributed by atoms with Crippen molar-refractivity contribution in [3.8, 4) is 5.75 Å². The number of anilines is 1. The summed E-state index contributed by atoms with van der Waals surface area (Å²) >= 11 is 0. The highest BCUT2D eigenvalue weighted by Crippen LogP contribution is 2.19. The van der Waals surface area contributed by atoms with Crippen molar-refractivity contribution in [1.82, 2.24) is 0 Å². The normalized spacial score (nSPS) is 11.5. The Morgan fingerprint density at radius 1 is 1.24 bits per heavy atom. The molecular formula is C17H27NO3. The van der Waals surface area contributed by atoms with Crippen molar-refractivity contribution >= 4 is 11.6 Å². The predicted octanol–water partition coefficient (Wildman–Crippen LogP) is 3.87. The van der Waals surface area contributed by atoms with Gasteiger partial charge in [0.25, 0.3) is 5.91 Å². The fourth-order valence-electron chi connectivity index (χ4n) is 1.60. The van der Waals surface area contributed by atoms with E-state index in [9.17, 15) is 4.79 Å². The van der Waals surface area contributed by atoms with Gasteiger partial charge in [0.15, 0.2) is 0 Å². The van der Waals surface area contributed by atoms with Crippen LogP contribution in [0.4, 0.5) is 5.69 Å². The molecule has 118 valence electrons. The summed E-state index contributed by atoms with van der Waals surface area (Å²) in [6.45, 7) is 11.0. The molecule has 1 aromatic rings. The van der Waals surface area contributed by atoms with E-state index in [2.05, 4.69) is 19.2 Å². The van der Waals surface area contributed by atoms with Gasteiger partial charge in [-0.15, -0.1) is 0 Å². The molecule has 0 saturated heterocycles. The highest BCUT2D eigenvalue weighted by atomic mass is 16.5. The minimum atomic E-state index is -0.831. The predicted molar refractivity (Wildman–Crippen MR) is 85.7 cm³/mol. The van der Waals surface area contributed by atoms with E-state index < -0.39 is 5.60 Å². The molecule has 0 aliphatic rings. The maximum Gasteiger partial charge on any atom is 0.256 e. The van der Waals surface area contributed by atoms with Crippen LogP contribution in [0.3, 0.4) is 0 Å². The van der Waals surface area contributed by atoms with Gasteiger partial charge in [0, 0.05) is 12.3 Å². The number of amides is 1. The monoisotopic (exact) mass is 293 g/mol. The van der Waals surface area contributed by atoms with Crippen molar-refractivity contribution in [1.29, 1.82) is 0 Å². The largest absolute Gasteiger partial charge is 0.493 e. The van der Waals surface area contributed by atoms with Crippen LogP contribution < -0.4 is 10.1 Å². The van der Waals surface area contributed by atoms with Crippen LogP contribution in [-0.2, 0) is 9.53 Å². The average molecular weight is 293 g/mol. The molecule has 4 nitrogen and oxygen atoms in total. The number of carbonyl (C=O) groups is 1. The van der Waals surface area contributed by atoms with Crippen LogP contribution in [0.5, 0.6) is 5.75 Å². The Hall–Kier alpha value is -1.55. The standard InChI is InChI=1S/C17H27NO3/c1-6-11-21-17(4,5)16(19)18-14-7-9-15(10-8-14)20-12-13(2)3/h7-10,13H,6,11-12H2,1-5H3,(H,18,19).